The minimum Gasteiger partial charge on any atom is -0.467 e. The first kappa shape index (κ1) is 22.5. The molecule has 0 unspecified atom stereocenters. The molecular weight excluding hydrogens is 438 g/mol. The first-order valence-corrected chi connectivity index (χ1v) is 11.4. The number of hydrogen-bond donors (Lipinski definition) is 0. The SMILES string of the molecule is C[C@@H](c1nc(Cc2ccccc2)no1)N1CCN(Cc2cc([N+](=O)[O-])cc3c2OCOC3)CC1. The van der Waals surface area contributed by atoms with Crippen molar-refractivity contribution in [3.05, 3.63) is 81.0 Å². The van der Waals surface area contributed by atoms with E-state index in [1.54, 1.807) is 6.07 Å². The van der Waals surface area contributed by atoms with Crippen LogP contribution in [0.25, 0.3) is 0 Å². The van der Waals surface area contributed by atoms with E-state index >= 15 is 0 Å². The van der Waals surface area contributed by atoms with Crippen molar-refractivity contribution in [3.8, 4) is 5.75 Å². The van der Waals surface area contributed by atoms with Crippen molar-refractivity contribution in [3.63, 3.8) is 0 Å². The van der Waals surface area contributed by atoms with Gasteiger partial charge in [0.2, 0.25) is 5.89 Å². The molecule has 0 bridgehead atoms. The third kappa shape index (κ3) is 4.93. The van der Waals surface area contributed by atoms with E-state index in [0.29, 0.717) is 37.0 Å². The summed E-state index contributed by atoms with van der Waals surface area (Å²) in [6.45, 7) is 6.48. The van der Waals surface area contributed by atoms with Crippen LogP contribution in [-0.4, -0.2) is 57.8 Å². The zero-order valence-electron chi connectivity index (χ0n) is 19.1. The van der Waals surface area contributed by atoms with Crippen LogP contribution in [0, 0.1) is 10.1 Å². The molecule has 1 fully saturated rings. The second kappa shape index (κ2) is 9.88. The maximum atomic E-state index is 11.4. The number of ether oxygens (including phenoxy) is 2. The first-order valence-electron chi connectivity index (χ1n) is 11.4. The van der Waals surface area contributed by atoms with E-state index in [1.807, 2.05) is 18.2 Å². The highest BCUT2D eigenvalue weighted by molar-refractivity contribution is 5.50. The van der Waals surface area contributed by atoms with Crippen LogP contribution in [0.15, 0.2) is 47.0 Å². The second-order valence-corrected chi connectivity index (χ2v) is 8.66. The molecule has 1 atom stereocenters. The van der Waals surface area contributed by atoms with Crippen LogP contribution in [0.2, 0.25) is 0 Å². The Bertz CT molecular complexity index is 1140. The normalized spacial score (nSPS) is 17.7. The maximum Gasteiger partial charge on any atom is 0.270 e. The molecule has 5 rings (SSSR count). The van der Waals surface area contributed by atoms with E-state index in [0.717, 1.165) is 42.9 Å². The van der Waals surface area contributed by atoms with Crippen LogP contribution in [0.1, 0.15) is 41.4 Å². The van der Waals surface area contributed by atoms with Gasteiger partial charge in [-0.3, -0.25) is 19.9 Å². The first-order chi connectivity index (χ1) is 16.6. The van der Waals surface area contributed by atoms with Crippen molar-refractivity contribution in [2.45, 2.75) is 32.5 Å². The molecule has 2 aromatic carbocycles. The minimum atomic E-state index is -0.367. The largest absolute Gasteiger partial charge is 0.467 e. The maximum absolute atomic E-state index is 11.4. The Hall–Kier alpha value is -3.34. The van der Waals surface area contributed by atoms with Gasteiger partial charge in [-0.25, -0.2) is 0 Å². The zero-order chi connectivity index (χ0) is 23.5. The summed E-state index contributed by atoms with van der Waals surface area (Å²) in [6.07, 6.45) is 0.644. The van der Waals surface area contributed by atoms with Crippen molar-refractivity contribution in [2.75, 3.05) is 33.0 Å². The number of benzene rings is 2. The molecule has 10 nitrogen and oxygen atoms in total. The predicted molar refractivity (Wildman–Crippen MR) is 122 cm³/mol. The standard InChI is InChI=1S/C24H27N5O5/c1-17(24-25-22(26-34-24)11-18-5-3-2-4-6-18)28-9-7-27(8-10-28)14-19-12-21(29(30)31)13-20-15-32-16-33-23(19)20/h2-6,12-13,17H,7-11,14-16H2,1H3/t17-/m0/s1. The van der Waals surface area contributed by atoms with Crippen molar-refractivity contribution in [1.82, 2.24) is 19.9 Å². The molecule has 0 aliphatic carbocycles. The molecule has 3 heterocycles. The van der Waals surface area contributed by atoms with Crippen LogP contribution in [0.5, 0.6) is 5.75 Å². The van der Waals surface area contributed by atoms with Gasteiger partial charge in [0.1, 0.15) is 5.75 Å². The molecule has 0 amide bonds. The number of rotatable bonds is 7. The van der Waals surface area contributed by atoms with Crippen molar-refractivity contribution in [2.24, 2.45) is 0 Å². The van der Waals surface area contributed by atoms with E-state index < -0.39 is 0 Å². The summed E-state index contributed by atoms with van der Waals surface area (Å²) in [6, 6.07) is 13.3. The van der Waals surface area contributed by atoms with Crippen LogP contribution in [-0.2, 0) is 24.3 Å². The highest BCUT2D eigenvalue weighted by Crippen LogP contribution is 2.34. The molecule has 34 heavy (non-hydrogen) atoms. The van der Waals surface area contributed by atoms with Crippen molar-refractivity contribution in [1.29, 1.82) is 0 Å². The van der Waals surface area contributed by atoms with Gasteiger partial charge in [-0.2, -0.15) is 4.98 Å². The molecule has 1 saturated heterocycles. The monoisotopic (exact) mass is 465 g/mol. The van der Waals surface area contributed by atoms with Gasteiger partial charge < -0.3 is 14.0 Å². The van der Waals surface area contributed by atoms with E-state index in [1.165, 1.54) is 6.07 Å². The van der Waals surface area contributed by atoms with Gasteiger partial charge in [0.25, 0.3) is 5.69 Å². The predicted octanol–water partition coefficient (Wildman–Crippen LogP) is 3.31. The number of nitro benzene ring substituents is 1. The summed E-state index contributed by atoms with van der Waals surface area (Å²) in [4.78, 5) is 20.2. The summed E-state index contributed by atoms with van der Waals surface area (Å²) in [5, 5.41) is 15.5. The average molecular weight is 466 g/mol. The van der Waals surface area contributed by atoms with Crippen molar-refractivity contribution >= 4 is 5.69 Å². The fourth-order valence-electron chi connectivity index (χ4n) is 4.50. The van der Waals surface area contributed by atoms with Crippen LogP contribution >= 0.6 is 0 Å². The fourth-order valence-corrected chi connectivity index (χ4v) is 4.50. The molecule has 1 aromatic heterocycles. The lowest BCUT2D eigenvalue weighted by atomic mass is 10.1. The second-order valence-electron chi connectivity index (χ2n) is 8.66. The smallest absolute Gasteiger partial charge is 0.270 e. The van der Waals surface area contributed by atoms with E-state index in [-0.39, 0.29) is 23.4 Å². The lowest BCUT2D eigenvalue weighted by molar-refractivity contribution is -0.385. The lowest BCUT2D eigenvalue weighted by Crippen LogP contribution is -2.46. The van der Waals surface area contributed by atoms with E-state index in [2.05, 4.69) is 39.0 Å². The number of aromatic nitrogens is 2. The molecule has 178 valence electrons. The van der Waals surface area contributed by atoms with Crippen LogP contribution in [0.3, 0.4) is 0 Å². The quantitative estimate of drug-likeness (QED) is 0.384. The Morgan fingerprint density at radius 2 is 1.94 bits per heavy atom. The van der Waals surface area contributed by atoms with Gasteiger partial charge in [0, 0.05) is 62.4 Å². The van der Waals surface area contributed by atoms with Gasteiger partial charge in [-0.15, -0.1) is 0 Å². The number of nitro groups is 1. The third-order valence-electron chi connectivity index (χ3n) is 6.38. The molecule has 3 aromatic rings. The summed E-state index contributed by atoms with van der Waals surface area (Å²) in [5.41, 5.74) is 2.77. The summed E-state index contributed by atoms with van der Waals surface area (Å²) < 4.78 is 16.6. The molecule has 2 aliphatic heterocycles. The number of non-ortho nitro benzene ring substituents is 1. The summed E-state index contributed by atoms with van der Waals surface area (Å²) in [5.74, 6) is 2.02. The van der Waals surface area contributed by atoms with Crippen LogP contribution in [0.4, 0.5) is 5.69 Å². The summed E-state index contributed by atoms with van der Waals surface area (Å²) >= 11 is 0. The Morgan fingerprint density at radius 3 is 2.71 bits per heavy atom. The average Bonchev–Trinajstić information content (AvgIpc) is 3.33. The number of fused-ring (bicyclic) bond motifs is 1. The minimum absolute atomic E-state index is 0.0187. The van der Waals surface area contributed by atoms with E-state index in [9.17, 15) is 10.1 Å². The Balaban J connectivity index is 1.20. The van der Waals surface area contributed by atoms with Gasteiger partial charge in [-0.1, -0.05) is 35.5 Å². The van der Waals surface area contributed by atoms with Gasteiger partial charge >= 0.3 is 0 Å². The molecule has 0 radical (unpaired) electrons. The highest BCUT2D eigenvalue weighted by atomic mass is 16.7. The molecular formula is C24H27N5O5. The molecule has 0 N–H and O–H groups in total. The topological polar surface area (TPSA) is 107 Å². The molecule has 0 saturated carbocycles. The summed E-state index contributed by atoms with van der Waals surface area (Å²) in [7, 11) is 0. The zero-order valence-corrected chi connectivity index (χ0v) is 19.1. The molecule has 0 spiro atoms. The van der Waals surface area contributed by atoms with Gasteiger partial charge in [-0.05, 0) is 12.5 Å². The van der Waals surface area contributed by atoms with Crippen LogP contribution < -0.4 is 4.74 Å². The van der Waals surface area contributed by atoms with E-state index in [4.69, 9.17) is 14.0 Å². The van der Waals surface area contributed by atoms with Gasteiger partial charge in [0.15, 0.2) is 12.6 Å². The third-order valence-corrected chi connectivity index (χ3v) is 6.38. The molecule has 2 aliphatic rings. The Kier molecular flexibility index (Phi) is 6.52. The Morgan fingerprint density at radius 1 is 1.15 bits per heavy atom. The van der Waals surface area contributed by atoms with Gasteiger partial charge in [0.05, 0.1) is 17.6 Å². The number of piperazine rings is 1. The molecule has 10 heteroatoms. The number of hydrogen-bond acceptors (Lipinski definition) is 9. The highest BCUT2D eigenvalue weighted by Gasteiger charge is 2.28. The lowest BCUT2D eigenvalue weighted by Gasteiger charge is -2.37. The fraction of sp³-hybridized carbons (Fsp3) is 0.417. The van der Waals surface area contributed by atoms with Crippen molar-refractivity contribution < 1.29 is 18.9 Å². The number of nitrogens with zero attached hydrogens (tertiary/aromatic N) is 5. The Labute approximate surface area is 197 Å².